The third-order valence-electron chi connectivity index (χ3n) is 3.05. The van der Waals surface area contributed by atoms with Gasteiger partial charge in [0.25, 0.3) is 0 Å². The molecule has 4 bridgehead atoms. The van der Waals surface area contributed by atoms with Gasteiger partial charge < -0.3 is 10.1 Å². The molecule has 0 radical (unpaired) electrons. The molecule has 0 spiro atoms. The van der Waals surface area contributed by atoms with Gasteiger partial charge in [-0.05, 0) is 25.7 Å². The Labute approximate surface area is 60.9 Å². The second-order valence-corrected chi connectivity index (χ2v) is 3.88. The maximum atomic E-state index is 5.78. The molecule has 2 heteroatoms. The first-order chi connectivity index (χ1) is 4.90. The summed E-state index contributed by atoms with van der Waals surface area (Å²) >= 11 is 0. The van der Waals surface area contributed by atoms with Gasteiger partial charge in [-0.1, -0.05) is 0 Å². The second-order valence-electron chi connectivity index (χ2n) is 3.88. The zero-order valence-corrected chi connectivity index (χ0v) is 6.05. The minimum atomic E-state index is 0.615. The molecule has 4 aliphatic heterocycles. The quantitative estimate of drug-likeness (QED) is 0.532. The molecule has 0 aromatic carbocycles. The molecule has 4 aliphatic rings. The van der Waals surface area contributed by atoms with Crippen LogP contribution in [-0.2, 0) is 4.74 Å². The summed E-state index contributed by atoms with van der Waals surface area (Å²) in [5, 5.41) is 3.63. The summed E-state index contributed by atoms with van der Waals surface area (Å²) < 4.78 is 5.78. The Morgan fingerprint density at radius 2 is 1.40 bits per heavy atom. The van der Waals surface area contributed by atoms with Gasteiger partial charge in [0.15, 0.2) is 0 Å². The van der Waals surface area contributed by atoms with E-state index in [0.717, 1.165) is 12.1 Å². The third-order valence-corrected chi connectivity index (χ3v) is 3.05. The molecular formula is C8H13NO. The maximum Gasteiger partial charge on any atom is 0.0608 e. The fourth-order valence-electron chi connectivity index (χ4n) is 2.75. The molecule has 56 valence electrons. The largest absolute Gasteiger partial charge is 0.375 e. The van der Waals surface area contributed by atoms with Crippen LogP contribution in [0.1, 0.15) is 25.7 Å². The van der Waals surface area contributed by atoms with Crippen LogP contribution < -0.4 is 5.32 Å². The van der Waals surface area contributed by atoms with E-state index in [2.05, 4.69) is 5.32 Å². The molecule has 4 rings (SSSR count). The highest BCUT2D eigenvalue weighted by Crippen LogP contribution is 2.36. The average Bonchev–Trinajstić information content (AvgIpc) is 1.82. The van der Waals surface area contributed by atoms with Crippen LogP contribution in [0, 0.1) is 0 Å². The van der Waals surface area contributed by atoms with Crippen molar-refractivity contribution in [1.29, 1.82) is 0 Å². The number of rotatable bonds is 0. The third kappa shape index (κ3) is 0.663. The number of hydrogen-bond acceptors (Lipinski definition) is 2. The summed E-state index contributed by atoms with van der Waals surface area (Å²) in [6.07, 6.45) is 6.31. The van der Waals surface area contributed by atoms with E-state index >= 15 is 0 Å². The fraction of sp³-hybridized carbons (Fsp3) is 1.00. The lowest BCUT2D eigenvalue weighted by Crippen LogP contribution is -2.60. The van der Waals surface area contributed by atoms with E-state index in [0.29, 0.717) is 12.2 Å². The lowest BCUT2D eigenvalue weighted by Gasteiger charge is -2.50. The van der Waals surface area contributed by atoms with Crippen molar-refractivity contribution < 1.29 is 4.74 Å². The number of hydrogen-bond donors (Lipinski definition) is 1. The van der Waals surface area contributed by atoms with Gasteiger partial charge >= 0.3 is 0 Å². The standard InChI is InChI=1S/C8H13NO/c1-5-2-8-4-6(9-5)3-7(1)10-8/h5-9H,1-4H2. The molecule has 4 heterocycles. The highest BCUT2D eigenvalue weighted by molar-refractivity contribution is 4.98. The number of ether oxygens (including phenoxy) is 1. The zero-order valence-electron chi connectivity index (χ0n) is 6.05. The summed E-state index contributed by atoms with van der Waals surface area (Å²) in [4.78, 5) is 0. The van der Waals surface area contributed by atoms with Crippen molar-refractivity contribution in [3.8, 4) is 0 Å². The molecule has 1 N–H and O–H groups in total. The van der Waals surface area contributed by atoms with Crippen molar-refractivity contribution in [2.24, 2.45) is 0 Å². The van der Waals surface area contributed by atoms with Gasteiger partial charge in [-0.15, -0.1) is 0 Å². The predicted molar refractivity (Wildman–Crippen MR) is 37.8 cm³/mol. The van der Waals surface area contributed by atoms with Crippen LogP contribution in [0.4, 0.5) is 0 Å². The van der Waals surface area contributed by atoms with Crippen molar-refractivity contribution in [2.75, 3.05) is 0 Å². The normalized spacial score (nSPS) is 57.6. The van der Waals surface area contributed by atoms with Crippen LogP contribution in [0.2, 0.25) is 0 Å². The summed E-state index contributed by atoms with van der Waals surface area (Å²) in [7, 11) is 0. The average molecular weight is 139 g/mol. The van der Waals surface area contributed by atoms with Gasteiger partial charge in [0.05, 0.1) is 12.2 Å². The van der Waals surface area contributed by atoms with Crippen molar-refractivity contribution in [3.63, 3.8) is 0 Å². The topological polar surface area (TPSA) is 21.3 Å². The number of piperidine rings is 2. The lowest BCUT2D eigenvalue weighted by atomic mass is 9.80. The highest BCUT2D eigenvalue weighted by Gasteiger charge is 2.42. The summed E-state index contributed by atoms with van der Waals surface area (Å²) in [5.74, 6) is 0. The van der Waals surface area contributed by atoms with E-state index in [1.165, 1.54) is 25.7 Å². The van der Waals surface area contributed by atoms with Gasteiger partial charge in [0.2, 0.25) is 0 Å². The van der Waals surface area contributed by atoms with E-state index in [1.54, 1.807) is 0 Å². The van der Waals surface area contributed by atoms with Crippen molar-refractivity contribution >= 4 is 0 Å². The molecular weight excluding hydrogens is 126 g/mol. The highest BCUT2D eigenvalue weighted by atomic mass is 16.5. The molecule has 0 amide bonds. The zero-order chi connectivity index (χ0) is 6.55. The molecule has 0 saturated carbocycles. The van der Waals surface area contributed by atoms with E-state index in [4.69, 9.17) is 4.74 Å². The molecule has 0 aliphatic carbocycles. The minimum Gasteiger partial charge on any atom is -0.375 e. The van der Waals surface area contributed by atoms with E-state index in [9.17, 15) is 0 Å². The Balaban J connectivity index is 1.90. The fourth-order valence-corrected chi connectivity index (χ4v) is 2.75. The SMILES string of the molecule is C1C2CC3CC(CC1O3)N2. The van der Waals surface area contributed by atoms with Gasteiger partial charge in [0.1, 0.15) is 0 Å². The first-order valence-corrected chi connectivity index (χ1v) is 4.31. The second kappa shape index (κ2) is 1.74. The van der Waals surface area contributed by atoms with E-state index in [-0.39, 0.29) is 0 Å². The summed E-state index contributed by atoms with van der Waals surface area (Å²) in [6.45, 7) is 0. The van der Waals surface area contributed by atoms with Crippen molar-refractivity contribution in [1.82, 2.24) is 5.32 Å². The maximum absolute atomic E-state index is 5.78. The van der Waals surface area contributed by atoms with Crippen LogP contribution in [0.15, 0.2) is 0 Å². The molecule has 0 aromatic rings. The number of nitrogens with one attached hydrogen (secondary N) is 1. The molecule has 0 unspecified atom stereocenters. The molecule has 10 heavy (non-hydrogen) atoms. The Kier molecular flexibility index (Phi) is 0.968. The van der Waals surface area contributed by atoms with Crippen LogP contribution in [0.25, 0.3) is 0 Å². The van der Waals surface area contributed by atoms with Crippen molar-refractivity contribution in [3.05, 3.63) is 0 Å². The van der Waals surface area contributed by atoms with Crippen LogP contribution in [0.5, 0.6) is 0 Å². The Morgan fingerprint density at radius 3 is 1.80 bits per heavy atom. The summed E-state index contributed by atoms with van der Waals surface area (Å²) in [6, 6.07) is 1.60. The van der Waals surface area contributed by atoms with Crippen LogP contribution in [0.3, 0.4) is 0 Å². The first-order valence-electron chi connectivity index (χ1n) is 4.31. The molecule has 4 saturated heterocycles. The molecule has 0 aromatic heterocycles. The van der Waals surface area contributed by atoms with Gasteiger partial charge in [-0.25, -0.2) is 0 Å². The Morgan fingerprint density at radius 1 is 0.900 bits per heavy atom. The minimum absolute atomic E-state index is 0.615. The van der Waals surface area contributed by atoms with Crippen LogP contribution >= 0.6 is 0 Å². The van der Waals surface area contributed by atoms with Crippen LogP contribution in [-0.4, -0.2) is 24.3 Å². The van der Waals surface area contributed by atoms with Gasteiger partial charge in [-0.2, -0.15) is 0 Å². The van der Waals surface area contributed by atoms with E-state index in [1.807, 2.05) is 0 Å². The van der Waals surface area contributed by atoms with Crippen molar-refractivity contribution in [2.45, 2.75) is 50.0 Å². The van der Waals surface area contributed by atoms with Gasteiger partial charge in [-0.3, -0.25) is 0 Å². The predicted octanol–water partition coefficient (Wildman–Crippen LogP) is 0.668. The van der Waals surface area contributed by atoms with Gasteiger partial charge in [0, 0.05) is 12.1 Å². The van der Waals surface area contributed by atoms with E-state index < -0.39 is 0 Å². The Hall–Kier alpha value is -0.0800. The summed E-state index contributed by atoms with van der Waals surface area (Å²) in [5.41, 5.74) is 0. The molecule has 4 fully saturated rings. The molecule has 2 nitrogen and oxygen atoms in total. The Bertz CT molecular complexity index is 101. The lowest BCUT2D eigenvalue weighted by molar-refractivity contribution is -0.132. The smallest absolute Gasteiger partial charge is 0.0608 e. The first kappa shape index (κ1) is 5.56. The monoisotopic (exact) mass is 139 g/mol. The molecule has 0 atom stereocenters.